The van der Waals surface area contributed by atoms with Crippen LogP contribution in [-0.4, -0.2) is 19.1 Å². The van der Waals surface area contributed by atoms with Crippen molar-refractivity contribution in [2.45, 2.75) is 25.1 Å². The van der Waals surface area contributed by atoms with Crippen LogP contribution in [0.3, 0.4) is 0 Å². The van der Waals surface area contributed by atoms with E-state index in [0.717, 1.165) is 31.6 Å². The molecule has 0 bridgehead atoms. The number of anilines is 2. The van der Waals surface area contributed by atoms with Gasteiger partial charge in [-0.1, -0.05) is 0 Å². The second-order valence-electron chi connectivity index (χ2n) is 4.60. The van der Waals surface area contributed by atoms with Crippen LogP contribution >= 0.6 is 0 Å². The molecular formula is C12H13F3N2. The molecule has 0 aromatic heterocycles. The van der Waals surface area contributed by atoms with Crippen LogP contribution < -0.4 is 10.2 Å². The first-order valence-electron chi connectivity index (χ1n) is 5.77. The third-order valence-electron chi connectivity index (χ3n) is 3.54. The molecule has 1 saturated heterocycles. The van der Waals surface area contributed by atoms with Crippen molar-refractivity contribution in [3.05, 3.63) is 23.8 Å². The molecule has 0 amide bonds. The molecule has 5 heteroatoms. The molecule has 1 aromatic rings. The molecule has 1 fully saturated rings. The van der Waals surface area contributed by atoms with E-state index in [9.17, 15) is 13.2 Å². The van der Waals surface area contributed by atoms with E-state index in [2.05, 4.69) is 10.2 Å². The summed E-state index contributed by atoms with van der Waals surface area (Å²) in [4.78, 5) is 2.21. The maximum absolute atomic E-state index is 12.6. The van der Waals surface area contributed by atoms with Crippen LogP contribution in [-0.2, 0) is 6.18 Å². The van der Waals surface area contributed by atoms with Gasteiger partial charge in [0.2, 0.25) is 0 Å². The Hall–Kier alpha value is -1.39. The average molecular weight is 242 g/mol. The highest BCUT2D eigenvalue weighted by molar-refractivity contribution is 5.74. The van der Waals surface area contributed by atoms with Crippen LogP contribution in [0.25, 0.3) is 0 Å². The molecule has 2 heterocycles. The largest absolute Gasteiger partial charge is 0.416 e. The Morgan fingerprint density at radius 1 is 1.29 bits per heavy atom. The molecule has 1 N–H and O–H groups in total. The third-order valence-corrected chi connectivity index (χ3v) is 3.54. The van der Waals surface area contributed by atoms with Gasteiger partial charge in [0, 0.05) is 19.1 Å². The molecule has 2 aliphatic heterocycles. The molecule has 0 spiro atoms. The molecule has 1 atom stereocenters. The summed E-state index contributed by atoms with van der Waals surface area (Å²) in [6.07, 6.45) is -2.03. The molecule has 3 rings (SSSR count). The first kappa shape index (κ1) is 10.7. The van der Waals surface area contributed by atoms with Gasteiger partial charge in [0.25, 0.3) is 0 Å². The summed E-state index contributed by atoms with van der Waals surface area (Å²) >= 11 is 0. The van der Waals surface area contributed by atoms with E-state index < -0.39 is 11.7 Å². The predicted octanol–water partition coefficient (Wildman–Crippen LogP) is 3.10. The van der Waals surface area contributed by atoms with Gasteiger partial charge in [-0.2, -0.15) is 13.2 Å². The summed E-state index contributed by atoms with van der Waals surface area (Å²) in [6.45, 7) is 1.69. The molecule has 92 valence electrons. The van der Waals surface area contributed by atoms with Gasteiger partial charge >= 0.3 is 6.18 Å². The average Bonchev–Trinajstić information content (AvgIpc) is 2.75. The Morgan fingerprint density at radius 2 is 2.12 bits per heavy atom. The smallest absolute Gasteiger partial charge is 0.381 e. The van der Waals surface area contributed by atoms with E-state index in [1.807, 2.05) is 0 Å². The van der Waals surface area contributed by atoms with Crippen LogP contribution in [0.15, 0.2) is 18.2 Å². The van der Waals surface area contributed by atoms with Crippen molar-refractivity contribution in [1.29, 1.82) is 0 Å². The number of rotatable bonds is 0. The number of hydrogen-bond acceptors (Lipinski definition) is 2. The van der Waals surface area contributed by atoms with E-state index >= 15 is 0 Å². The van der Waals surface area contributed by atoms with Gasteiger partial charge in [0.05, 0.1) is 16.9 Å². The lowest BCUT2D eigenvalue weighted by molar-refractivity contribution is -0.137. The van der Waals surface area contributed by atoms with Gasteiger partial charge in [0.1, 0.15) is 0 Å². The minimum atomic E-state index is -4.27. The first-order chi connectivity index (χ1) is 8.05. The highest BCUT2D eigenvalue weighted by Gasteiger charge is 2.34. The lowest BCUT2D eigenvalue weighted by Crippen LogP contribution is -2.39. The fourth-order valence-corrected chi connectivity index (χ4v) is 2.70. The summed E-state index contributed by atoms with van der Waals surface area (Å²) in [5.41, 5.74) is 0.936. The van der Waals surface area contributed by atoms with Crippen LogP contribution in [0.1, 0.15) is 18.4 Å². The molecule has 2 nitrogen and oxygen atoms in total. The van der Waals surface area contributed by atoms with Gasteiger partial charge in [-0.3, -0.25) is 0 Å². The first-order valence-corrected chi connectivity index (χ1v) is 5.77. The Morgan fingerprint density at radius 3 is 2.88 bits per heavy atom. The van der Waals surface area contributed by atoms with Crippen molar-refractivity contribution >= 4 is 11.4 Å². The van der Waals surface area contributed by atoms with E-state index in [-0.39, 0.29) is 0 Å². The minimum absolute atomic E-state index is 0.444. The summed E-state index contributed by atoms with van der Waals surface area (Å²) < 4.78 is 37.8. The maximum Gasteiger partial charge on any atom is 0.416 e. The van der Waals surface area contributed by atoms with Crippen LogP contribution in [0, 0.1) is 0 Å². The highest BCUT2D eigenvalue weighted by atomic mass is 19.4. The van der Waals surface area contributed by atoms with Crippen LogP contribution in [0.4, 0.5) is 24.5 Å². The third kappa shape index (κ3) is 1.73. The summed E-state index contributed by atoms with van der Waals surface area (Å²) in [5.74, 6) is 0. The van der Waals surface area contributed by atoms with E-state index in [1.54, 1.807) is 6.07 Å². The highest BCUT2D eigenvalue weighted by Crippen LogP contribution is 2.39. The van der Waals surface area contributed by atoms with E-state index in [0.29, 0.717) is 11.7 Å². The van der Waals surface area contributed by atoms with E-state index in [4.69, 9.17) is 0 Å². The van der Waals surface area contributed by atoms with Gasteiger partial charge in [0.15, 0.2) is 0 Å². The molecule has 0 saturated carbocycles. The van der Waals surface area contributed by atoms with Crippen LogP contribution in [0.5, 0.6) is 0 Å². The standard InChI is InChI=1S/C12H13F3N2/c13-12(14,15)8-3-4-11-10(6-8)16-7-9-2-1-5-17(9)11/h3-4,6,9,16H,1-2,5,7H2/t9-/m0/s1. The van der Waals surface area contributed by atoms with Gasteiger partial charge < -0.3 is 10.2 Å². The van der Waals surface area contributed by atoms with Crippen molar-refractivity contribution in [3.63, 3.8) is 0 Å². The summed E-state index contributed by atoms with van der Waals surface area (Å²) in [5, 5.41) is 3.10. The normalized spacial score (nSPS) is 23.0. The van der Waals surface area contributed by atoms with Crippen LogP contribution in [0.2, 0.25) is 0 Å². The number of nitrogens with one attached hydrogen (secondary N) is 1. The Balaban J connectivity index is 2.00. The van der Waals surface area contributed by atoms with Crippen molar-refractivity contribution in [1.82, 2.24) is 0 Å². The van der Waals surface area contributed by atoms with E-state index in [1.165, 1.54) is 12.1 Å². The minimum Gasteiger partial charge on any atom is -0.381 e. The zero-order chi connectivity index (χ0) is 12.0. The number of nitrogens with zero attached hydrogens (tertiary/aromatic N) is 1. The topological polar surface area (TPSA) is 15.3 Å². The molecule has 2 aliphatic rings. The number of hydrogen-bond donors (Lipinski definition) is 1. The lowest BCUT2D eigenvalue weighted by Gasteiger charge is -2.34. The Kier molecular flexibility index (Phi) is 2.24. The Labute approximate surface area is 97.4 Å². The molecular weight excluding hydrogens is 229 g/mol. The van der Waals surface area contributed by atoms with Gasteiger partial charge in [-0.05, 0) is 31.0 Å². The second-order valence-corrected chi connectivity index (χ2v) is 4.60. The van der Waals surface area contributed by atoms with Gasteiger partial charge in [-0.25, -0.2) is 0 Å². The van der Waals surface area contributed by atoms with Gasteiger partial charge in [-0.15, -0.1) is 0 Å². The van der Waals surface area contributed by atoms with Crippen molar-refractivity contribution in [2.24, 2.45) is 0 Å². The fraction of sp³-hybridized carbons (Fsp3) is 0.500. The van der Waals surface area contributed by atoms with Crippen molar-refractivity contribution in [2.75, 3.05) is 23.3 Å². The quantitative estimate of drug-likeness (QED) is 0.752. The summed E-state index contributed by atoms with van der Waals surface area (Å²) in [7, 11) is 0. The SMILES string of the molecule is FC(F)(F)c1ccc2c(c1)NC[C@@H]1CCCN21. The summed E-state index contributed by atoms with van der Waals surface area (Å²) in [6, 6.07) is 4.41. The second kappa shape index (κ2) is 3.55. The number of fused-ring (bicyclic) bond motifs is 3. The lowest BCUT2D eigenvalue weighted by atomic mass is 10.1. The number of benzene rings is 1. The fourth-order valence-electron chi connectivity index (χ4n) is 2.70. The Bertz CT molecular complexity index is 442. The zero-order valence-corrected chi connectivity index (χ0v) is 9.22. The maximum atomic E-state index is 12.6. The van der Waals surface area contributed by atoms with Crippen molar-refractivity contribution < 1.29 is 13.2 Å². The number of alkyl halides is 3. The molecule has 0 radical (unpaired) electrons. The van der Waals surface area contributed by atoms with Crippen molar-refractivity contribution in [3.8, 4) is 0 Å². The monoisotopic (exact) mass is 242 g/mol. The zero-order valence-electron chi connectivity index (χ0n) is 9.22. The predicted molar refractivity (Wildman–Crippen MR) is 60.3 cm³/mol. The number of halogens is 3. The molecule has 0 unspecified atom stereocenters. The molecule has 1 aromatic carbocycles. The molecule has 17 heavy (non-hydrogen) atoms. The molecule has 0 aliphatic carbocycles.